The van der Waals surface area contributed by atoms with Crippen LogP contribution in [0.15, 0.2) is 30.3 Å². The molecular weight excluding hydrogens is 224 g/mol. The third-order valence-corrected chi connectivity index (χ3v) is 4.46. The van der Waals surface area contributed by atoms with E-state index in [-0.39, 0.29) is 11.9 Å². The first-order chi connectivity index (χ1) is 8.62. The van der Waals surface area contributed by atoms with Crippen LogP contribution < -0.4 is 5.73 Å². The monoisotopic (exact) mass is 244 g/mol. The third-order valence-electron chi connectivity index (χ3n) is 4.46. The molecule has 0 radical (unpaired) electrons. The molecule has 3 heteroatoms. The van der Waals surface area contributed by atoms with E-state index in [1.54, 1.807) is 0 Å². The molecule has 1 aromatic carbocycles. The van der Waals surface area contributed by atoms with E-state index in [9.17, 15) is 4.79 Å². The van der Waals surface area contributed by atoms with Crippen LogP contribution in [0.2, 0.25) is 0 Å². The summed E-state index contributed by atoms with van der Waals surface area (Å²) in [6, 6.07) is 10.7. The molecule has 2 unspecified atom stereocenters. The maximum Gasteiger partial charge on any atom is 0.242 e. The molecule has 3 rings (SSSR count). The quantitative estimate of drug-likeness (QED) is 0.863. The number of amides is 1. The first-order valence-corrected chi connectivity index (χ1v) is 6.77. The van der Waals surface area contributed by atoms with Crippen LogP contribution in [0.3, 0.4) is 0 Å². The number of nitrogens with two attached hydrogens (primary N) is 1. The van der Waals surface area contributed by atoms with Gasteiger partial charge in [0, 0.05) is 18.5 Å². The van der Waals surface area contributed by atoms with Crippen molar-refractivity contribution in [3.8, 4) is 0 Å². The summed E-state index contributed by atoms with van der Waals surface area (Å²) in [5.41, 5.74) is 6.83. The van der Waals surface area contributed by atoms with Gasteiger partial charge in [0.05, 0.1) is 5.54 Å². The molecule has 2 aliphatic rings. The molecule has 1 heterocycles. The molecule has 2 fully saturated rings. The first-order valence-electron chi connectivity index (χ1n) is 6.77. The Kier molecular flexibility index (Phi) is 2.67. The number of carbonyl (C=O) groups excluding carboxylic acids is 1. The molecule has 96 valence electrons. The van der Waals surface area contributed by atoms with Gasteiger partial charge in [-0.1, -0.05) is 30.3 Å². The molecule has 1 aromatic rings. The van der Waals surface area contributed by atoms with Gasteiger partial charge < -0.3 is 10.6 Å². The van der Waals surface area contributed by atoms with Crippen LogP contribution >= 0.6 is 0 Å². The molecule has 1 amide bonds. The zero-order valence-electron chi connectivity index (χ0n) is 10.8. The molecule has 1 aliphatic carbocycles. The molecule has 0 aromatic heterocycles. The van der Waals surface area contributed by atoms with Crippen molar-refractivity contribution in [2.45, 2.75) is 43.7 Å². The Morgan fingerprint density at radius 3 is 2.61 bits per heavy atom. The predicted molar refractivity (Wildman–Crippen MR) is 71.1 cm³/mol. The van der Waals surface area contributed by atoms with Crippen LogP contribution in [-0.4, -0.2) is 28.9 Å². The van der Waals surface area contributed by atoms with Crippen LogP contribution in [0.1, 0.15) is 37.7 Å². The molecule has 1 aliphatic heterocycles. The molecule has 1 saturated heterocycles. The second-order valence-electron chi connectivity index (χ2n) is 5.70. The second-order valence-corrected chi connectivity index (χ2v) is 5.70. The van der Waals surface area contributed by atoms with E-state index in [1.807, 2.05) is 11.0 Å². The van der Waals surface area contributed by atoms with Gasteiger partial charge in [0.25, 0.3) is 0 Å². The Balaban J connectivity index is 1.77. The number of likely N-dealkylation sites (tertiary alicyclic amines) is 1. The summed E-state index contributed by atoms with van der Waals surface area (Å²) in [7, 11) is 0. The highest BCUT2D eigenvalue weighted by molar-refractivity contribution is 5.89. The molecular formula is C15H20N2O. The minimum Gasteiger partial charge on any atom is -0.338 e. The summed E-state index contributed by atoms with van der Waals surface area (Å²) in [6.45, 7) is 2.99. The van der Waals surface area contributed by atoms with Crippen LogP contribution in [0.4, 0.5) is 0 Å². The topological polar surface area (TPSA) is 46.3 Å². The maximum absolute atomic E-state index is 12.3. The summed E-state index contributed by atoms with van der Waals surface area (Å²) < 4.78 is 0. The summed E-state index contributed by atoms with van der Waals surface area (Å²) in [5.74, 6) is 0.617. The van der Waals surface area contributed by atoms with Crippen molar-refractivity contribution in [1.29, 1.82) is 0 Å². The van der Waals surface area contributed by atoms with Gasteiger partial charge in [-0.2, -0.15) is 0 Å². The van der Waals surface area contributed by atoms with Crippen LogP contribution in [0.5, 0.6) is 0 Å². The van der Waals surface area contributed by atoms with Gasteiger partial charge in [0.1, 0.15) is 0 Å². The van der Waals surface area contributed by atoms with Crippen molar-refractivity contribution in [1.82, 2.24) is 4.90 Å². The lowest BCUT2D eigenvalue weighted by molar-refractivity contribution is -0.134. The Labute approximate surface area is 108 Å². The highest BCUT2D eigenvalue weighted by atomic mass is 16.2. The minimum atomic E-state index is -0.528. The molecule has 2 atom stereocenters. The van der Waals surface area contributed by atoms with Crippen molar-refractivity contribution in [3.05, 3.63) is 35.9 Å². The van der Waals surface area contributed by atoms with Crippen molar-refractivity contribution in [2.24, 2.45) is 5.73 Å². The standard InChI is InChI=1S/C15H20N2O/c1-11-13(12-5-3-2-4-6-12)7-10-17(11)14(18)15(16)8-9-15/h2-6,11,13H,7-10,16H2,1H3. The van der Waals surface area contributed by atoms with Gasteiger partial charge >= 0.3 is 0 Å². The normalized spacial score (nSPS) is 29.3. The first kappa shape index (κ1) is 11.7. The molecule has 3 nitrogen and oxygen atoms in total. The summed E-state index contributed by atoms with van der Waals surface area (Å²) in [4.78, 5) is 14.3. The van der Waals surface area contributed by atoms with E-state index in [0.29, 0.717) is 5.92 Å². The SMILES string of the molecule is CC1C(c2ccccc2)CCN1C(=O)C1(N)CC1. The molecule has 2 N–H and O–H groups in total. The Bertz CT molecular complexity index is 453. The van der Waals surface area contributed by atoms with E-state index >= 15 is 0 Å². The number of hydrogen-bond acceptors (Lipinski definition) is 2. The lowest BCUT2D eigenvalue weighted by Crippen LogP contribution is -2.47. The average molecular weight is 244 g/mol. The summed E-state index contributed by atoms with van der Waals surface area (Å²) in [5, 5.41) is 0. The number of rotatable bonds is 2. The van der Waals surface area contributed by atoms with Crippen LogP contribution in [0.25, 0.3) is 0 Å². The fraction of sp³-hybridized carbons (Fsp3) is 0.533. The van der Waals surface area contributed by atoms with E-state index in [2.05, 4.69) is 31.2 Å². The number of carbonyl (C=O) groups is 1. The predicted octanol–water partition coefficient (Wildman–Crippen LogP) is 1.88. The van der Waals surface area contributed by atoms with Crippen LogP contribution in [0, 0.1) is 0 Å². The maximum atomic E-state index is 12.3. The average Bonchev–Trinajstić information content (AvgIpc) is 3.02. The van der Waals surface area contributed by atoms with Gasteiger partial charge in [0.15, 0.2) is 0 Å². The zero-order chi connectivity index (χ0) is 12.8. The van der Waals surface area contributed by atoms with Gasteiger partial charge in [0.2, 0.25) is 5.91 Å². The highest BCUT2D eigenvalue weighted by Crippen LogP contribution is 2.39. The van der Waals surface area contributed by atoms with E-state index < -0.39 is 5.54 Å². The number of hydrogen-bond donors (Lipinski definition) is 1. The fourth-order valence-corrected chi connectivity index (χ4v) is 3.01. The number of benzene rings is 1. The summed E-state index contributed by atoms with van der Waals surface area (Å²) in [6.07, 6.45) is 2.75. The Morgan fingerprint density at radius 2 is 2.00 bits per heavy atom. The van der Waals surface area contributed by atoms with Crippen molar-refractivity contribution in [3.63, 3.8) is 0 Å². The second kappa shape index (κ2) is 4.09. The lowest BCUT2D eigenvalue weighted by atomic mass is 9.93. The zero-order valence-corrected chi connectivity index (χ0v) is 10.8. The van der Waals surface area contributed by atoms with Gasteiger partial charge in [-0.15, -0.1) is 0 Å². The van der Waals surface area contributed by atoms with E-state index in [1.165, 1.54) is 5.56 Å². The minimum absolute atomic E-state index is 0.161. The van der Waals surface area contributed by atoms with Crippen LogP contribution in [-0.2, 0) is 4.79 Å². The largest absolute Gasteiger partial charge is 0.338 e. The van der Waals surface area contributed by atoms with Gasteiger partial charge in [-0.05, 0) is 31.7 Å². The molecule has 18 heavy (non-hydrogen) atoms. The lowest BCUT2D eigenvalue weighted by Gasteiger charge is -2.27. The van der Waals surface area contributed by atoms with Crippen molar-refractivity contribution in [2.75, 3.05) is 6.54 Å². The van der Waals surface area contributed by atoms with Crippen molar-refractivity contribution >= 4 is 5.91 Å². The van der Waals surface area contributed by atoms with Gasteiger partial charge in [-0.25, -0.2) is 0 Å². The Hall–Kier alpha value is -1.35. The smallest absolute Gasteiger partial charge is 0.242 e. The molecule has 1 saturated carbocycles. The fourth-order valence-electron chi connectivity index (χ4n) is 3.01. The third kappa shape index (κ3) is 1.83. The van der Waals surface area contributed by atoms with E-state index in [0.717, 1.165) is 25.8 Å². The number of nitrogens with zero attached hydrogens (tertiary/aromatic N) is 1. The van der Waals surface area contributed by atoms with Crippen molar-refractivity contribution < 1.29 is 4.79 Å². The van der Waals surface area contributed by atoms with E-state index in [4.69, 9.17) is 5.73 Å². The molecule has 0 spiro atoms. The van der Waals surface area contributed by atoms with Gasteiger partial charge in [-0.3, -0.25) is 4.79 Å². The summed E-state index contributed by atoms with van der Waals surface area (Å²) >= 11 is 0. The Morgan fingerprint density at radius 1 is 1.33 bits per heavy atom. The molecule has 0 bridgehead atoms. The highest BCUT2D eigenvalue weighted by Gasteiger charge is 2.50.